The third kappa shape index (κ3) is 4.45. The summed E-state index contributed by atoms with van der Waals surface area (Å²) in [6.07, 6.45) is 1.85. The van der Waals surface area contributed by atoms with Crippen LogP contribution in [0.1, 0.15) is 23.6 Å². The van der Waals surface area contributed by atoms with E-state index in [2.05, 4.69) is 32.7 Å². The van der Waals surface area contributed by atoms with E-state index in [0.29, 0.717) is 23.4 Å². The van der Waals surface area contributed by atoms with Crippen LogP contribution in [0.15, 0.2) is 23.5 Å². The number of nitrogens with one attached hydrogen (secondary N) is 1. The summed E-state index contributed by atoms with van der Waals surface area (Å²) in [6, 6.07) is 4.13. The van der Waals surface area contributed by atoms with Crippen molar-refractivity contribution in [2.45, 2.75) is 39.4 Å². The number of benzene rings is 1. The van der Waals surface area contributed by atoms with Gasteiger partial charge in [-0.05, 0) is 38.8 Å². The van der Waals surface area contributed by atoms with E-state index in [1.165, 1.54) is 17.3 Å². The molecule has 0 bridgehead atoms. The number of methoxy groups -OCH3 is 1. The largest absolute Gasteiger partial charge is 0.479 e. The molecular weight excluding hydrogens is 388 g/mol. The predicted octanol–water partition coefficient (Wildman–Crippen LogP) is 3.36. The predicted molar refractivity (Wildman–Crippen MR) is 114 cm³/mol. The second kappa shape index (κ2) is 8.69. The zero-order chi connectivity index (χ0) is 21.1. The van der Waals surface area contributed by atoms with Crippen molar-refractivity contribution >= 4 is 23.4 Å². The smallest absolute Gasteiger partial charge is 0.243 e. The van der Waals surface area contributed by atoms with Crippen molar-refractivity contribution in [3.8, 4) is 17.3 Å². The van der Waals surface area contributed by atoms with Gasteiger partial charge in [0.25, 0.3) is 0 Å². The zero-order valence-electron chi connectivity index (χ0n) is 17.6. The number of thioether (sulfide) groups is 1. The first-order chi connectivity index (χ1) is 13.8. The molecule has 2 heterocycles. The van der Waals surface area contributed by atoms with Gasteiger partial charge in [-0.15, -0.1) is 15.3 Å². The number of aromatic nitrogens is 5. The van der Waals surface area contributed by atoms with Crippen LogP contribution in [0, 0.1) is 20.8 Å². The van der Waals surface area contributed by atoms with Crippen LogP contribution in [0.5, 0.6) is 5.88 Å². The molecule has 2 aromatic heterocycles. The molecule has 1 amide bonds. The van der Waals surface area contributed by atoms with Crippen molar-refractivity contribution < 1.29 is 9.53 Å². The van der Waals surface area contributed by atoms with Crippen molar-refractivity contribution in [1.82, 2.24) is 24.5 Å². The third-order valence-electron chi connectivity index (χ3n) is 4.54. The van der Waals surface area contributed by atoms with E-state index in [0.717, 1.165) is 22.4 Å². The Labute approximate surface area is 174 Å². The molecule has 0 radical (unpaired) electrons. The molecule has 154 valence electrons. The van der Waals surface area contributed by atoms with Crippen molar-refractivity contribution in [1.29, 1.82) is 0 Å². The second-order valence-electron chi connectivity index (χ2n) is 6.89. The maximum absolute atomic E-state index is 12.5. The standard InChI is InChI=1S/C20H26N6O2S/c1-7-26-18(15-10-25(5)24-19(15)28-6)22-23-20(26)29-11-16(27)21-17-13(3)8-12(2)9-14(17)4/h8-10H,7,11H2,1-6H3,(H,21,27). The summed E-state index contributed by atoms with van der Waals surface area (Å²) in [6.45, 7) is 8.74. The van der Waals surface area contributed by atoms with Crippen molar-refractivity contribution in [3.05, 3.63) is 35.0 Å². The highest BCUT2D eigenvalue weighted by Crippen LogP contribution is 2.30. The molecule has 3 aromatic rings. The minimum atomic E-state index is -0.0729. The van der Waals surface area contributed by atoms with E-state index in [9.17, 15) is 4.79 Å². The van der Waals surface area contributed by atoms with Gasteiger partial charge < -0.3 is 14.6 Å². The lowest BCUT2D eigenvalue weighted by molar-refractivity contribution is -0.113. The number of carbonyl (C=O) groups is 1. The third-order valence-corrected chi connectivity index (χ3v) is 5.50. The van der Waals surface area contributed by atoms with Crippen molar-refractivity contribution in [2.75, 3.05) is 18.2 Å². The lowest BCUT2D eigenvalue weighted by Gasteiger charge is -2.13. The van der Waals surface area contributed by atoms with Crippen LogP contribution in [-0.4, -0.2) is 43.3 Å². The molecule has 29 heavy (non-hydrogen) atoms. The number of amides is 1. The fourth-order valence-electron chi connectivity index (χ4n) is 3.33. The van der Waals surface area contributed by atoms with Crippen LogP contribution in [0.25, 0.3) is 11.4 Å². The Bertz CT molecular complexity index is 1020. The topological polar surface area (TPSA) is 86.9 Å². The summed E-state index contributed by atoms with van der Waals surface area (Å²) >= 11 is 1.36. The van der Waals surface area contributed by atoms with Crippen LogP contribution < -0.4 is 10.1 Å². The Balaban J connectivity index is 1.75. The van der Waals surface area contributed by atoms with Gasteiger partial charge in [-0.3, -0.25) is 9.48 Å². The Morgan fingerprint density at radius 2 is 1.90 bits per heavy atom. The first-order valence-corrected chi connectivity index (χ1v) is 10.3. The van der Waals surface area contributed by atoms with Crippen LogP contribution >= 0.6 is 11.8 Å². The van der Waals surface area contributed by atoms with Gasteiger partial charge in [-0.1, -0.05) is 29.5 Å². The zero-order valence-corrected chi connectivity index (χ0v) is 18.4. The number of aryl methyl sites for hydroxylation is 4. The van der Waals surface area contributed by atoms with E-state index >= 15 is 0 Å². The summed E-state index contributed by atoms with van der Waals surface area (Å²) in [5, 5.41) is 16.6. The number of hydrogen-bond donors (Lipinski definition) is 1. The number of hydrogen-bond acceptors (Lipinski definition) is 6. The molecule has 0 aliphatic carbocycles. The van der Waals surface area contributed by atoms with Crippen LogP contribution in [0.4, 0.5) is 5.69 Å². The highest BCUT2D eigenvalue weighted by molar-refractivity contribution is 7.99. The Kier molecular flexibility index (Phi) is 6.26. The number of anilines is 1. The minimum absolute atomic E-state index is 0.0729. The monoisotopic (exact) mass is 414 g/mol. The lowest BCUT2D eigenvalue weighted by Crippen LogP contribution is -2.16. The molecule has 0 atom stereocenters. The highest BCUT2D eigenvalue weighted by atomic mass is 32.2. The Morgan fingerprint density at radius 1 is 1.21 bits per heavy atom. The van der Waals surface area contributed by atoms with E-state index in [1.54, 1.807) is 11.8 Å². The molecule has 0 saturated heterocycles. The molecule has 0 spiro atoms. The van der Waals surface area contributed by atoms with E-state index < -0.39 is 0 Å². The molecule has 0 unspecified atom stereocenters. The molecule has 0 aliphatic rings. The fourth-order valence-corrected chi connectivity index (χ4v) is 4.14. The average molecular weight is 415 g/mol. The summed E-state index contributed by atoms with van der Waals surface area (Å²) in [7, 11) is 3.40. The first-order valence-electron chi connectivity index (χ1n) is 9.35. The molecular formula is C20H26N6O2S. The first kappa shape index (κ1) is 20.9. The summed E-state index contributed by atoms with van der Waals surface area (Å²) in [5.74, 6) is 1.34. The van der Waals surface area contributed by atoms with Crippen molar-refractivity contribution in [2.24, 2.45) is 7.05 Å². The number of carbonyl (C=O) groups excluding carboxylic acids is 1. The van der Waals surface area contributed by atoms with Gasteiger partial charge in [0.15, 0.2) is 11.0 Å². The quantitative estimate of drug-likeness (QED) is 0.597. The van der Waals surface area contributed by atoms with E-state index in [1.807, 2.05) is 45.5 Å². The molecule has 3 rings (SSSR count). The molecule has 0 fully saturated rings. The van der Waals surface area contributed by atoms with Gasteiger partial charge >= 0.3 is 0 Å². The summed E-state index contributed by atoms with van der Waals surface area (Å²) in [4.78, 5) is 12.5. The van der Waals surface area contributed by atoms with Gasteiger partial charge in [0.2, 0.25) is 11.8 Å². The van der Waals surface area contributed by atoms with Crippen molar-refractivity contribution in [3.63, 3.8) is 0 Å². The summed E-state index contributed by atoms with van der Waals surface area (Å²) < 4.78 is 8.97. The van der Waals surface area contributed by atoms with Crippen LogP contribution in [0.2, 0.25) is 0 Å². The normalized spacial score (nSPS) is 11.0. The summed E-state index contributed by atoms with van der Waals surface area (Å²) in [5.41, 5.74) is 4.94. The average Bonchev–Trinajstić information content (AvgIpc) is 3.25. The molecule has 1 aromatic carbocycles. The lowest BCUT2D eigenvalue weighted by atomic mass is 10.1. The molecule has 1 N–H and O–H groups in total. The Morgan fingerprint density at radius 3 is 2.52 bits per heavy atom. The van der Waals surface area contributed by atoms with Gasteiger partial charge in [0.1, 0.15) is 5.56 Å². The number of rotatable bonds is 7. The highest BCUT2D eigenvalue weighted by Gasteiger charge is 2.20. The van der Waals surface area contributed by atoms with E-state index in [4.69, 9.17) is 4.74 Å². The van der Waals surface area contributed by atoms with Gasteiger partial charge in [-0.2, -0.15) is 0 Å². The Hall–Kier alpha value is -2.81. The van der Waals surface area contributed by atoms with Crippen LogP contribution in [-0.2, 0) is 18.4 Å². The van der Waals surface area contributed by atoms with Gasteiger partial charge in [0, 0.05) is 25.5 Å². The second-order valence-corrected chi connectivity index (χ2v) is 7.83. The fraction of sp³-hybridized carbons (Fsp3) is 0.400. The molecule has 9 heteroatoms. The van der Waals surface area contributed by atoms with Gasteiger partial charge in [0.05, 0.1) is 12.9 Å². The maximum atomic E-state index is 12.5. The SMILES string of the molecule is CCn1c(SCC(=O)Nc2c(C)cc(C)cc2C)nnc1-c1cn(C)nc1OC. The number of nitrogens with zero attached hydrogens (tertiary/aromatic N) is 5. The molecule has 8 nitrogen and oxygen atoms in total. The molecule has 0 aliphatic heterocycles. The van der Waals surface area contributed by atoms with E-state index in [-0.39, 0.29) is 11.7 Å². The number of ether oxygens (including phenoxy) is 1. The van der Waals surface area contributed by atoms with Crippen LogP contribution in [0.3, 0.4) is 0 Å². The maximum Gasteiger partial charge on any atom is 0.243 e. The van der Waals surface area contributed by atoms with Gasteiger partial charge in [-0.25, -0.2) is 0 Å². The minimum Gasteiger partial charge on any atom is -0.479 e. The molecule has 0 saturated carbocycles.